The van der Waals surface area contributed by atoms with Crippen molar-refractivity contribution in [3.05, 3.63) is 35.9 Å². The highest BCUT2D eigenvalue weighted by molar-refractivity contribution is 5.14. The van der Waals surface area contributed by atoms with Gasteiger partial charge in [-0.2, -0.15) is 0 Å². The average molecular weight is 275 g/mol. The van der Waals surface area contributed by atoms with Crippen LogP contribution in [-0.4, -0.2) is 36.6 Å². The van der Waals surface area contributed by atoms with Gasteiger partial charge in [0.15, 0.2) is 0 Å². The summed E-state index contributed by atoms with van der Waals surface area (Å²) in [5.74, 6) is 0.681. The van der Waals surface area contributed by atoms with Gasteiger partial charge in [-0.05, 0) is 30.9 Å². The molecule has 20 heavy (non-hydrogen) atoms. The first-order valence-corrected chi connectivity index (χ1v) is 7.85. The predicted octanol–water partition coefficient (Wildman–Crippen LogP) is 2.23. The molecule has 1 aromatic carbocycles. The third kappa shape index (κ3) is 4.30. The van der Waals surface area contributed by atoms with E-state index in [4.69, 9.17) is 5.73 Å². The lowest BCUT2D eigenvalue weighted by atomic mass is 9.87. The first-order chi connectivity index (χ1) is 9.63. The Morgan fingerprint density at radius 1 is 1.20 bits per heavy atom. The predicted molar refractivity (Wildman–Crippen MR) is 85.6 cm³/mol. The van der Waals surface area contributed by atoms with Crippen molar-refractivity contribution in [2.45, 2.75) is 38.8 Å². The second-order valence-corrected chi connectivity index (χ2v) is 6.52. The van der Waals surface area contributed by atoms with Gasteiger partial charge >= 0.3 is 0 Å². The normalized spacial score (nSPS) is 19.4. The summed E-state index contributed by atoms with van der Waals surface area (Å²) in [6, 6.07) is 10.7. The van der Waals surface area contributed by atoms with E-state index < -0.39 is 0 Å². The molecule has 1 aliphatic rings. The summed E-state index contributed by atoms with van der Waals surface area (Å²) >= 11 is 0. The molecule has 1 heterocycles. The third-order valence-electron chi connectivity index (χ3n) is 4.34. The van der Waals surface area contributed by atoms with Crippen LogP contribution in [0.1, 0.15) is 32.3 Å². The monoisotopic (exact) mass is 275 g/mol. The smallest absolute Gasteiger partial charge is 0.0328 e. The minimum atomic E-state index is 0.164. The molecule has 1 fully saturated rings. The van der Waals surface area contributed by atoms with Crippen LogP contribution in [0.4, 0.5) is 0 Å². The molecule has 0 atom stereocenters. The van der Waals surface area contributed by atoms with E-state index in [2.05, 4.69) is 54.4 Å². The molecule has 3 heteroatoms. The van der Waals surface area contributed by atoms with Gasteiger partial charge in [0.05, 0.1) is 0 Å². The largest absolute Gasteiger partial charge is 0.329 e. The quantitative estimate of drug-likeness (QED) is 0.836. The van der Waals surface area contributed by atoms with E-state index in [0.717, 1.165) is 45.6 Å². The summed E-state index contributed by atoms with van der Waals surface area (Å²) in [7, 11) is 0. The van der Waals surface area contributed by atoms with Gasteiger partial charge in [0, 0.05) is 31.7 Å². The molecule has 0 unspecified atom stereocenters. The minimum Gasteiger partial charge on any atom is -0.329 e. The topological polar surface area (TPSA) is 41.3 Å². The molecule has 1 saturated heterocycles. The van der Waals surface area contributed by atoms with Crippen LogP contribution < -0.4 is 11.1 Å². The van der Waals surface area contributed by atoms with E-state index in [1.807, 2.05) is 0 Å². The molecule has 1 aliphatic heterocycles. The van der Waals surface area contributed by atoms with Gasteiger partial charge in [0.1, 0.15) is 0 Å². The fourth-order valence-electron chi connectivity index (χ4n) is 2.85. The van der Waals surface area contributed by atoms with E-state index in [-0.39, 0.29) is 5.54 Å². The van der Waals surface area contributed by atoms with Gasteiger partial charge < -0.3 is 11.1 Å². The van der Waals surface area contributed by atoms with Crippen molar-refractivity contribution >= 4 is 0 Å². The maximum atomic E-state index is 6.04. The van der Waals surface area contributed by atoms with Crippen molar-refractivity contribution in [1.29, 1.82) is 0 Å². The molecular formula is C17H29N3. The van der Waals surface area contributed by atoms with Gasteiger partial charge in [-0.15, -0.1) is 0 Å². The number of nitrogens with one attached hydrogen (secondary N) is 1. The molecule has 3 nitrogen and oxygen atoms in total. The Morgan fingerprint density at radius 3 is 2.40 bits per heavy atom. The zero-order valence-corrected chi connectivity index (χ0v) is 12.9. The average Bonchev–Trinajstić information content (AvgIpc) is 2.48. The molecule has 0 spiro atoms. The van der Waals surface area contributed by atoms with Crippen LogP contribution in [0.25, 0.3) is 0 Å². The Hall–Kier alpha value is -0.900. The zero-order chi connectivity index (χ0) is 14.4. The maximum Gasteiger partial charge on any atom is 0.0328 e. The number of piperidine rings is 1. The van der Waals surface area contributed by atoms with Crippen molar-refractivity contribution in [3.8, 4) is 0 Å². The SMILES string of the molecule is CC(C)CNC1(CN)CCN(Cc2ccccc2)CC1. The Balaban J connectivity index is 1.84. The number of hydrogen-bond donors (Lipinski definition) is 2. The van der Waals surface area contributed by atoms with E-state index in [1.165, 1.54) is 5.56 Å². The van der Waals surface area contributed by atoms with Crippen LogP contribution in [0, 0.1) is 5.92 Å². The summed E-state index contributed by atoms with van der Waals surface area (Å²) in [4.78, 5) is 2.54. The first-order valence-electron chi connectivity index (χ1n) is 7.85. The second kappa shape index (κ2) is 7.21. The van der Waals surface area contributed by atoms with Crippen molar-refractivity contribution in [2.24, 2.45) is 11.7 Å². The summed E-state index contributed by atoms with van der Waals surface area (Å²) in [5.41, 5.74) is 7.61. The molecule has 0 aromatic heterocycles. The number of benzene rings is 1. The van der Waals surface area contributed by atoms with Gasteiger partial charge in [0.2, 0.25) is 0 Å². The maximum absolute atomic E-state index is 6.04. The highest BCUT2D eigenvalue weighted by Crippen LogP contribution is 2.23. The summed E-state index contributed by atoms with van der Waals surface area (Å²) < 4.78 is 0. The van der Waals surface area contributed by atoms with Gasteiger partial charge in [-0.3, -0.25) is 4.90 Å². The van der Waals surface area contributed by atoms with Crippen LogP contribution in [0.3, 0.4) is 0 Å². The Kier molecular flexibility index (Phi) is 5.58. The minimum absolute atomic E-state index is 0.164. The molecule has 1 aromatic rings. The lowest BCUT2D eigenvalue weighted by Gasteiger charge is -2.42. The Bertz CT molecular complexity index is 380. The fourth-order valence-corrected chi connectivity index (χ4v) is 2.85. The fraction of sp³-hybridized carbons (Fsp3) is 0.647. The summed E-state index contributed by atoms with van der Waals surface area (Å²) in [6.07, 6.45) is 2.31. The van der Waals surface area contributed by atoms with Crippen molar-refractivity contribution in [1.82, 2.24) is 10.2 Å². The van der Waals surface area contributed by atoms with Gasteiger partial charge in [-0.25, -0.2) is 0 Å². The lowest BCUT2D eigenvalue weighted by Crippen LogP contribution is -2.58. The molecule has 112 valence electrons. The molecule has 0 amide bonds. The molecule has 0 radical (unpaired) electrons. The van der Waals surface area contributed by atoms with Crippen LogP contribution in [0.15, 0.2) is 30.3 Å². The van der Waals surface area contributed by atoms with E-state index in [0.29, 0.717) is 5.92 Å². The summed E-state index contributed by atoms with van der Waals surface area (Å²) in [6.45, 7) is 9.65. The Morgan fingerprint density at radius 2 is 1.85 bits per heavy atom. The molecule has 2 rings (SSSR count). The van der Waals surface area contributed by atoms with Gasteiger partial charge in [-0.1, -0.05) is 44.2 Å². The highest BCUT2D eigenvalue weighted by atomic mass is 15.2. The van der Waals surface area contributed by atoms with E-state index in [1.54, 1.807) is 0 Å². The van der Waals surface area contributed by atoms with E-state index >= 15 is 0 Å². The molecular weight excluding hydrogens is 246 g/mol. The van der Waals surface area contributed by atoms with Crippen molar-refractivity contribution in [2.75, 3.05) is 26.2 Å². The van der Waals surface area contributed by atoms with Crippen LogP contribution in [0.5, 0.6) is 0 Å². The highest BCUT2D eigenvalue weighted by Gasteiger charge is 2.32. The number of likely N-dealkylation sites (tertiary alicyclic amines) is 1. The van der Waals surface area contributed by atoms with Crippen LogP contribution in [-0.2, 0) is 6.54 Å². The zero-order valence-electron chi connectivity index (χ0n) is 12.9. The van der Waals surface area contributed by atoms with Gasteiger partial charge in [0.25, 0.3) is 0 Å². The molecule has 0 saturated carbocycles. The second-order valence-electron chi connectivity index (χ2n) is 6.52. The van der Waals surface area contributed by atoms with Crippen LogP contribution in [0.2, 0.25) is 0 Å². The third-order valence-corrected chi connectivity index (χ3v) is 4.34. The number of nitrogens with zero attached hydrogens (tertiary/aromatic N) is 1. The summed E-state index contributed by atoms with van der Waals surface area (Å²) in [5, 5.41) is 3.72. The Labute approximate surface area is 123 Å². The van der Waals surface area contributed by atoms with E-state index in [9.17, 15) is 0 Å². The first kappa shape index (κ1) is 15.5. The molecule has 3 N–H and O–H groups in total. The number of nitrogens with two attached hydrogens (primary N) is 1. The molecule has 0 bridgehead atoms. The number of hydrogen-bond acceptors (Lipinski definition) is 3. The molecule has 0 aliphatic carbocycles. The van der Waals surface area contributed by atoms with Crippen molar-refractivity contribution in [3.63, 3.8) is 0 Å². The lowest BCUT2D eigenvalue weighted by molar-refractivity contribution is 0.131. The standard InChI is InChI=1S/C17H29N3/c1-15(2)12-19-17(14-18)8-10-20(11-9-17)13-16-6-4-3-5-7-16/h3-7,15,19H,8-14,18H2,1-2H3. The number of rotatable bonds is 6. The van der Waals surface area contributed by atoms with Crippen LogP contribution >= 0.6 is 0 Å². The van der Waals surface area contributed by atoms with Crippen molar-refractivity contribution < 1.29 is 0 Å².